The zero-order chi connectivity index (χ0) is 2.00. The van der Waals surface area contributed by atoms with Crippen LogP contribution in [0.3, 0.4) is 0 Å². The van der Waals surface area contributed by atoms with Gasteiger partial charge in [-0.25, -0.2) is 0 Å². The summed E-state index contributed by atoms with van der Waals surface area (Å²) in [6, 6.07) is 0. The molecule has 2 N–H and O–H groups in total. The van der Waals surface area contributed by atoms with Crippen molar-refractivity contribution in [1.82, 2.24) is 0 Å². The number of nitrogens with two attached hydrogens (primary N) is 1. The van der Waals surface area contributed by atoms with E-state index < -0.39 is 0 Å². The molecular weight excluding hydrogens is 62.1 g/mol. The predicted molar refractivity (Wildman–Crippen MR) is 30.3 cm³/mol. The molecule has 0 saturated heterocycles. The van der Waals surface area contributed by atoms with Crippen molar-refractivity contribution in [3.63, 3.8) is 0 Å². The Labute approximate surface area is 36.2 Å². The van der Waals surface area contributed by atoms with E-state index in [4.69, 9.17) is 0 Å². The first-order valence-electron chi connectivity index (χ1n) is 0.577. The fourth-order valence-corrected chi connectivity index (χ4v) is 0. The molecule has 0 rings (SSSR count). The van der Waals surface area contributed by atoms with E-state index in [-0.39, 0.29) is 22.3 Å². The minimum absolute atomic E-state index is 0. The van der Waals surface area contributed by atoms with Gasteiger partial charge in [0, 0.05) is 0 Å². The molecule has 0 spiro atoms. The van der Waals surface area contributed by atoms with Crippen molar-refractivity contribution in [3.05, 3.63) is 0 Å². The van der Waals surface area contributed by atoms with Crippen LogP contribution in [0.4, 0.5) is 0 Å². The number of rotatable bonds is 0. The standard InChI is InChI=1S/CH5N.3CH4/c1-2;;;/h2H2,1H3;3*1H4. The fraction of sp³-hybridized carbons (Fsp3) is 1.00. The average Bonchev–Trinajstić information content (AvgIpc) is 1.00. The molecule has 1 heteroatoms. The van der Waals surface area contributed by atoms with Crippen molar-refractivity contribution in [2.24, 2.45) is 5.73 Å². The highest BCUT2D eigenvalue weighted by atomic mass is 14.4. The summed E-state index contributed by atoms with van der Waals surface area (Å²) in [4.78, 5) is 0. The first-order chi connectivity index (χ1) is 1.00. The fourth-order valence-electron chi connectivity index (χ4n) is 0. The van der Waals surface area contributed by atoms with Crippen LogP contribution in [0, 0.1) is 0 Å². The molecule has 0 unspecified atom stereocenters. The second-order valence-corrected chi connectivity index (χ2v) is 0. The van der Waals surface area contributed by atoms with E-state index in [9.17, 15) is 0 Å². The van der Waals surface area contributed by atoms with E-state index >= 15 is 0 Å². The van der Waals surface area contributed by atoms with Crippen LogP contribution < -0.4 is 5.73 Å². The Morgan fingerprint density at radius 2 is 0.800 bits per heavy atom. The maximum atomic E-state index is 4.50. The summed E-state index contributed by atoms with van der Waals surface area (Å²) in [6.07, 6.45) is 0. The second kappa shape index (κ2) is 21700. The van der Waals surface area contributed by atoms with Crippen molar-refractivity contribution in [2.45, 2.75) is 22.3 Å². The van der Waals surface area contributed by atoms with Gasteiger partial charge in [0.05, 0.1) is 0 Å². The molecule has 0 aliphatic carbocycles. The van der Waals surface area contributed by atoms with Crippen LogP contribution in [0.5, 0.6) is 0 Å². The quantitative estimate of drug-likeness (QED) is 0.467. The molecule has 1 nitrogen and oxygen atoms in total. The van der Waals surface area contributed by atoms with Crippen LogP contribution in [-0.4, -0.2) is 7.05 Å². The molecule has 0 aliphatic heterocycles. The van der Waals surface area contributed by atoms with Crippen LogP contribution in [0.1, 0.15) is 22.3 Å². The lowest BCUT2D eigenvalue weighted by atomic mass is 11.6. The Balaban J connectivity index is -0.00000000167. The first kappa shape index (κ1) is 84.4. The van der Waals surface area contributed by atoms with E-state index in [1.807, 2.05) is 0 Å². The minimum Gasteiger partial charge on any atom is -0.333 e. The van der Waals surface area contributed by atoms with Gasteiger partial charge >= 0.3 is 0 Å². The Morgan fingerprint density at radius 1 is 0.800 bits per heavy atom. The Hall–Kier alpha value is -0.0400. The van der Waals surface area contributed by atoms with Crippen LogP contribution >= 0.6 is 0 Å². The van der Waals surface area contributed by atoms with E-state index in [1.54, 1.807) is 0 Å². The Kier molecular flexibility index (Phi) is 366000. The Morgan fingerprint density at radius 3 is 0.800 bits per heavy atom. The number of hydrogen-bond acceptors (Lipinski definition) is 1. The van der Waals surface area contributed by atoms with Gasteiger partial charge in [-0.2, -0.15) is 0 Å². The lowest BCUT2D eigenvalue weighted by molar-refractivity contribution is 1.48. The molecule has 0 aromatic rings. The van der Waals surface area contributed by atoms with E-state index in [0.717, 1.165) is 0 Å². The summed E-state index contributed by atoms with van der Waals surface area (Å²) in [7, 11) is 1.50. The second-order valence-electron chi connectivity index (χ2n) is 0. The van der Waals surface area contributed by atoms with Crippen LogP contribution in [-0.2, 0) is 0 Å². The zero-order valence-corrected chi connectivity index (χ0v) is 1.58. The molecule has 0 fully saturated rings. The highest BCUT2D eigenvalue weighted by Gasteiger charge is 0.836. The van der Waals surface area contributed by atoms with Gasteiger partial charge in [0.1, 0.15) is 0 Å². The van der Waals surface area contributed by atoms with Gasteiger partial charge in [-0.05, 0) is 7.05 Å². The third-order valence-electron chi connectivity index (χ3n) is 0. The molecule has 0 aromatic carbocycles. The summed E-state index contributed by atoms with van der Waals surface area (Å²) < 4.78 is 0. The van der Waals surface area contributed by atoms with Crippen molar-refractivity contribution < 1.29 is 0 Å². The van der Waals surface area contributed by atoms with Gasteiger partial charge < -0.3 is 5.73 Å². The smallest absolute Gasteiger partial charge is 0.0195 e. The topological polar surface area (TPSA) is 26.0 Å². The third kappa shape index (κ3) is 9510. The molecule has 38 valence electrons. The molecule has 0 heterocycles. The average molecular weight is 79.2 g/mol. The normalized spacial score (nSPS) is 1.20. The van der Waals surface area contributed by atoms with E-state index in [2.05, 4.69) is 5.73 Å². The van der Waals surface area contributed by atoms with Gasteiger partial charge in [0.15, 0.2) is 0 Å². The number of hydrogen-bond donors (Lipinski definition) is 1. The molecule has 0 aromatic heterocycles. The molecular formula is C4H17N. The largest absolute Gasteiger partial charge is 0.333 e. The summed E-state index contributed by atoms with van der Waals surface area (Å²) in [5.41, 5.74) is 4.50. The summed E-state index contributed by atoms with van der Waals surface area (Å²) in [5.74, 6) is 0. The summed E-state index contributed by atoms with van der Waals surface area (Å²) in [6.45, 7) is 0. The van der Waals surface area contributed by atoms with Crippen LogP contribution in [0.25, 0.3) is 0 Å². The molecule has 5 heavy (non-hydrogen) atoms. The highest BCUT2D eigenvalue weighted by Crippen LogP contribution is 0.469. The third-order valence-corrected chi connectivity index (χ3v) is 0. The van der Waals surface area contributed by atoms with Crippen molar-refractivity contribution in [2.75, 3.05) is 7.05 Å². The van der Waals surface area contributed by atoms with E-state index in [1.165, 1.54) is 7.05 Å². The van der Waals surface area contributed by atoms with Gasteiger partial charge in [-0.15, -0.1) is 0 Å². The maximum Gasteiger partial charge on any atom is -0.0195 e. The van der Waals surface area contributed by atoms with Crippen LogP contribution in [0.2, 0.25) is 0 Å². The van der Waals surface area contributed by atoms with Gasteiger partial charge in [-0.3, -0.25) is 0 Å². The first-order valence-corrected chi connectivity index (χ1v) is 0.577. The van der Waals surface area contributed by atoms with Gasteiger partial charge in [0.25, 0.3) is 0 Å². The molecule has 0 atom stereocenters. The predicted octanol–water partition coefficient (Wildman–Crippen LogP) is 1.48. The SMILES string of the molecule is C.C.C.CN. The summed E-state index contributed by atoms with van der Waals surface area (Å²) in [5, 5.41) is 0. The summed E-state index contributed by atoms with van der Waals surface area (Å²) >= 11 is 0. The maximum absolute atomic E-state index is 4.50. The van der Waals surface area contributed by atoms with Crippen molar-refractivity contribution >= 4 is 0 Å². The molecule has 0 amide bonds. The van der Waals surface area contributed by atoms with Crippen molar-refractivity contribution in [3.8, 4) is 0 Å². The highest BCUT2D eigenvalue weighted by molar-refractivity contribution is 3.54. The van der Waals surface area contributed by atoms with Crippen LogP contribution in [0.15, 0.2) is 0 Å². The monoisotopic (exact) mass is 79.1 g/mol. The lowest BCUT2D eigenvalue weighted by Crippen LogP contribution is -1.69. The minimum atomic E-state index is 0. The zero-order valence-electron chi connectivity index (χ0n) is 1.58. The van der Waals surface area contributed by atoms with Gasteiger partial charge in [-0.1, -0.05) is 22.3 Å². The van der Waals surface area contributed by atoms with Crippen molar-refractivity contribution in [1.29, 1.82) is 0 Å². The molecule has 0 bridgehead atoms. The molecule has 0 aliphatic rings. The van der Waals surface area contributed by atoms with Gasteiger partial charge in [0.2, 0.25) is 0 Å². The molecule has 0 radical (unpaired) electrons. The van der Waals surface area contributed by atoms with E-state index in [0.29, 0.717) is 0 Å². The Bertz CT molecular complexity index is 3.61. The molecule has 0 saturated carbocycles. The lowest BCUT2D eigenvalue weighted by Gasteiger charge is -1.19.